The molecule has 0 saturated carbocycles. The third-order valence-corrected chi connectivity index (χ3v) is 4.73. The minimum Gasteiger partial charge on any atom is -0.296 e. The standard InChI is InChI=1S/C11H9ClIN3OS/c1-2-9-15-16-11(18-9)14-10(17)6-3-4-8(13)7(12)5-6/h3-5H,2H2,1H3,(H,14,16,17). The lowest BCUT2D eigenvalue weighted by Crippen LogP contribution is -2.11. The first-order chi connectivity index (χ1) is 8.60. The number of rotatable bonds is 3. The highest BCUT2D eigenvalue weighted by Gasteiger charge is 2.10. The summed E-state index contributed by atoms with van der Waals surface area (Å²) in [6, 6.07) is 5.17. The molecular weight excluding hydrogens is 385 g/mol. The Morgan fingerprint density at radius 1 is 1.50 bits per heavy atom. The molecule has 18 heavy (non-hydrogen) atoms. The Morgan fingerprint density at radius 3 is 2.89 bits per heavy atom. The highest BCUT2D eigenvalue weighted by molar-refractivity contribution is 14.1. The lowest BCUT2D eigenvalue weighted by Gasteiger charge is -2.02. The van der Waals surface area contributed by atoms with Crippen molar-refractivity contribution in [2.45, 2.75) is 13.3 Å². The average molecular weight is 394 g/mol. The second-order valence-corrected chi connectivity index (χ2v) is 6.07. The SMILES string of the molecule is CCc1nnc(NC(=O)c2ccc(I)c(Cl)c2)s1. The third kappa shape index (κ3) is 3.18. The minimum atomic E-state index is -0.230. The van der Waals surface area contributed by atoms with Crippen LogP contribution >= 0.6 is 45.5 Å². The molecule has 94 valence electrons. The maximum atomic E-state index is 11.9. The van der Waals surface area contributed by atoms with Crippen LogP contribution < -0.4 is 5.32 Å². The highest BCUT2D eigenvalue weighted by atomic mass is 127. The Labute approximate surface area is 127 Å². The molecule has 0 spiro atoms. The van der Waals surface area contributed by atoms with E-state index in [2.05, 4.69) is 38.1 Å². The number of carbonyl (C=O) groups is 1. The van der Waals surface area contributed by atoms with E-state index in [4.69, 9.17) is 11.6 Å². The smallest absolute Gasteiger partial charge is 0.257 e. The Morgan fingerprint density at radius 2 is 2.28 bits per heavy atom. The fraction of sp³-hybridized carbons (Fsp3) is 0.182. The van der Waals surface area contributed by atoms with Gasteiger partial charge in [0.05, 0.1) is 5.02 Å². The van der Waals surface area contributed by atoms with Gasteiger partial charge in [0.1, 0.15) is 5.01 Å². The van der Waals surface area contributed by atoms with E-state index < -0.39 is 0 Å². The number of aryl methyl sites for hydroxylation is 1. The van der Waals surface area contributed by atoms with E-state index in [0.29, 0.717) is 15.7 Å². The van der Waals surface area contributed by atoms with Crippen LogP contribution in [0.3, 0.4) is 0 Å². The number of hydrogen-bond donors (Lipinski definition) is 1. The second-order valence-electron chi connectivity index (χ2n) is 3.44. The van der Waals surface area contributed by atoms with Crippen LogP contribution in [-0.2, 0) is 6.42 Å². The zero-order chi connectivity index (χ0) is 13.1. The molecule has 4 nitrogen and oxygen atoms in total. The van der Waals surface area contributed by atoms with Crippen molar-refractivity contribution in [3.8, 4) is 0 Å². The Balaban J connectivity index is 2.14. The molecule has 0 aliphatic heterocycles. The molecule has 0 saturated heterocycles. The van der Waals surface area contributed by atoms with Crippen LogP contribution in [-0.4, -0.2) is 16.1 Å². The van der Waals surface area contributed by atoms with Gasteiger partial charge in [-0.25, -0.2) is 0 Å². The third-order valence-electron chi connectivity index (χ3n) is 2.17. The summed E-state index contributed by atoms with van der Waals surface area (Å²) in [5, 5.41) is 12.5. The van der Waals surface area contributed by atoms with Crippen LogP contribution in [0.15, 0.2) is 18.2 Å². The fourth-order valence-corrected chi connectivity index (χ4v) is 2.44. The number of hydrogen-bond acceptors (Lipinski definition) is 4. The number of amides is 1. The van der Waals surface area contributed by atoms with Crippen molar-refractivity contribution in [3.05, 3.63) is 37.4 Å². The van der Waals surface area contributed by atoms with Crippen LogP contribution in [0.2, 0.25) is 5.02 Å². The summed E-state index contributed by atoms with van der Waals surface area (Å²) in [4.78, 5) is 11.9. The molecule has 0 fully saturated rings. The molecule has 1 aromatic heterocycles. The van der Waals surface area contributed by atoms with E-state index in [9.17, 15) is 4.79 Å². The normalized spacial score (nSPS) is 10.4. The van der Waals surface area contributed by atoms with E-state index >= 15 is 0 Å². The zero-order valence-electron chi connectivity index (χ0n) is 9.41. The maximum Gasteiger partial charge on any atom is 0.257 e. The quantitative estimate of drug-likeness (QED) is 0.811. The van der Waals surface area contributed by atoms with Gasteiger partial charge in [0.25, 0.3) is 5.91 Å². The van der Waals surface area contributed by atoms with Crippen LogP contribution in [0.25, 0.3) is 0 Å². The molecular formula is C11H9ClIN3OS. The van der Waals surface area contributed by atoms with Crippen molar-refractivity contribution in [2.24, 2.45) is 0 Å². The Hall–Kier alpha value is -0.730. The summed E-state index contributed by atoms with van der Waals surface area (Å²) in [7, 11) is 0. The monoisotopic (exact) mass is 393 g/mol. The fourth-order valence-electron chi connectivity index (χ4n) is 1.25. The van der Waals surface area contributed by atoms with E-state index in [1.807, 2.05) is 6.92 Å². The molecule has 1 aromatic carbocycles. The van der Waals surface area contributed by atoms with Crippen molar-refractivity contribution in [2.75, 3.05) is 5.32 Å². The topological polar surface area (TPSA) is 54.9 Å². The lowest BCUT2D eigenvalue weighted by molar-refractivity contribution is 0.102. The van der Waals surface area contributed by atoms with Crippen LogP contribution in [0.5, 0.6) is 0 Å². The largest absolute Gasteiger partial charge is 0.296 e. The molecule has 2 aromatic rings. The molecule has 7 heteroatoms. The lowest BCUT2D eigenvalue weighted by atomic mass is 10.2. The van der Waals surface area contributed by atoms with Crippen LogP contribution in [0.1, 0.15) is 22.3 Å². The minimum absolute atomic E-state index is 0.230. The van der Waals surface area contributed by atoms with Gasteiger partial charge in [0.15, 0.2) is 0 Å². The van der Waals surface area contributed by atoms with E-state index in [-0.39, 0.29) is 5.91 Å². The van der Waals surface area contributed by atoms with Gasteiger partial charge in [0, 0.05) is 9.13 Å². The highest BCUT2D eigenvalue weighted by Crippen LogP contribution is 2.21. The summed E-state index contributed by atoms with van der Waals surface area (Å²) in [6.07, 6.45) is 0.808. The summed E-state index contributed by atoms with van der Waals surface area (Å²) in [5.41, 5.74) is 0.508. The Kier molecular flexibility index (Phi) is 4.52. The number of carbonyl (C=O) groups excluding carboxylic acids is 1. The van der Waals surface area contributed by atoms with Gasteiger partial charge in [-0.15, -0.1) is 10.2 Å². The molecule has 1 N–H and O–H groups in total. The molecule has 0 aliphatic carbocycles. The number of aromatic nitrogens is 2. The number of benzene rings is 1. The number of halogens is 2. The molecule has 1 amide bonds. The molecule has 0 unspecified atom stereocenters. The van der Waals surface area contributed by atoms with Crippen molar-refractivity contribution < 1.29 is 4.79 Å². The van der Waals surface area contributed by atoms with Gasteiger partial charge in [-0.1, -0.05) is 29.9 Å². The molecule has 0 radical (unpaired) electrons. The van der Waals surface area contributed by atoms with E-state index in [1.165, 1.54) is 11.3 Å². The summed E-state index contributed by atoms with van der Waals surface area (Å²) in [5.74, 6) is -0.230. The van der Waals surface area contributed by atoms with Crippen molar-refractivity contribution in [1.82, 2.24) is 10.2 Å². The second kappa shape index (κ2) is 5.94. The predicted octanol–water partition coefficient (Wildman–Crippen LogP) is 3.61. The predicted molar refractivity (Wildman–Crippen MR) is 81.4 cm³/mol. The summed E-state index contributed by atoms with van der Waals surface area (Å²) >= 11 is 9.46. The molecule has 0 aliphatic rings. The summed E-state index contributed by atoms with van der Waals surface area (Å²) in [6.45, 7) is 1.99. The molecule has 0 atom stereocenters. The van der Waals surface area contributed by atoms with Crippen LogP contribution in [0.4, 0.5) is 5.13 Å². The van der Waals surface area contributed by atoms with Crippen molar-refractivity contribution in [3.63, 3.8) is 0 Å². The molecule has 0 bridgehead atoms. The van der Waals surface area contributed by atoms with Gasteiger partial charge in [-0.3, -0.25) is 10.1 Å². The number of nitrogens with zero attached hydrogens (tertiary/aromatic N) is 2. The molecule has 1 heterocycles. The van der Waals surface area contributed by atoms with E-state index in [0.717, 1.165) is 15.0 Å². The molecule has 2 rings (SSSR count). The van der Waals surface area contributed by atoms with Crippen LogP contribution in [0, 0.1) is 3.57 Å². The van der Waals surface area contributed by atoms with E-state index in [1.54, 1.807) is 18.2 Å². The van der Waals surface area contributed by atoms with Gasteiger partial charge < -0.3 is 0 Å². The van der Waals surface area contributed by atoms with Crippen molar-refractivity contribution >= 4 is 56.6 Å². The van der Waals surface area contributed by atoms with Gasteiger partial charge in [0.2, 0.25) is 5.13 Å². The first-order valence-electron chi connectivity index (χ1n) is 5.19. The summed E-state index contributed by atoms with van der Waals surface area (Å²) < 4.78 is 0.912. The van der Waals surface area contributed by atoms with Crippen molar-refractivity contribution in [1.29, 1.82) is 0 Å². The number of nitrogens with one attached hydrogen (secondary N) is 1. The Bertz CT molecular complexity index is 587. The zero-order valence-corrected chi connectivity index (χ0v) is 13.1. The first-order valence-corrected chi connectivity index (χ1v) is 7.46. The average Bonchev–Trinajstić information content (AvgIpc) is 2.80. The van der Waals surface area contributed by atoms with Gasteiger partial charge >= 0.3 is 0 Å². The first kappa shape index (κ1) is 13.7. The maximum absolute atomic E-state index is 11.9. The van der Waals surface area contributed by atoms with Gasteiger partial charge in [-0.05, 0) is 47.2 Å². The number of anilines is 1. The van der Waals surface area contributed by atoms with Gasteiger partial charge in [-0.2, -0.15) is 0 Å².